The first-order valence-corrected chi connectivity index (χ1v) is 6.45. The van der Waals surface area contributed by atoms with Gasteiger partial charge in [0.25, 0.3) is 0 Å². The molecular weight excluding hydrogens is 300 g/mol. The first-order valence-electron chi connectivity index (χ1n) is 5.28. The molecule has 2 aromatic rings. The number of hydrogen-bond donors (Lipinski definition) is 1. The predicted molar refractivity (Wildman–Crippen MR) is 74.4 cm³/mol. The Bertz CT molecular complexity index is 539. The van der Waals surface area contributed by atoms with E-state index < -0.39 is 6.10 Å². The smallest absolute Gasteiger partial charge is 0.106 e. The van der Waals surface area contributed by atoms with Crippen LogP contribution < -0.4 is 0 Å². The largest absolute Gasteiger partial charge is 0.384 e. The van der Waals surface area contributed by atoms with Crippen molar-refractivity contribution >= 4 is 27.5 Å². The summed E-state index contributed by atoms with van der Waals surface area (Å²) in [6.45, 7) is 1.97. The fourth-order valence-corrected chi connectivity index (χ4v) is 2.52. The second kappa shape index (κ2) is 5.21. The molecule has 0 amide bonds. The van der Waals surface area contributed by atoms with Gasteiger partial charge < -0.3 is 5.11 Å². The lowest BCUT2D eigenvalue weighted by molar-refractivity contribution is 0.219. The topological polar surface area (TPSA) is 20.2 Å². The Labute approximate surface area is 114 Å². The fourth-order valence-electron chi connectivity index (χ4n) is 1.81. The molecule has 3 heteroatoms. The Morgan fingerprint density at radius 2 is 1.82 bits per heavy atom. The van der Waals surface area contributed by atoms with E-state index >= 15 is 0 Å². The molecule has 0 radical (unpaired) electrons. The van der Waals surface area contributed by atoms with Gasteiger partial charge in [-0.2, -0.15) is 0 Å². The number of aliphatic hydroxyl groups excluding tert-OH is 1. The maximum atomic E-state index is 10.3. The highest BCUT2D eigenvalue weighted by Gasteiger charge is 2.15. The minimum atomic E-state index is -0.684. The summed E-state index contributed by atoms with van der Waals surface area (Å²) >= 11 is 9.49. The molecule has 2 rings (SSSR count). The molecule has 1 nitrogen and oxygen atoms in total. The van der Waals surface area contributed by atoms with Crippen molar-refractivity contribution in [3.05, 3.63) is 68.7 Å². The van der Waals surface area contributed by atoms with E-state index in [1.165, 1.54) is 0 Å². The van der Waals surface area contributed by atoms with Gasteiger partial charge >= 0.3 is 0 Å². The normalized spacial score (nSPS) is 12.5. The van der Waals surface area contributed by atoms with Crippen LogP contribution in [0.25, 0.3) is 0 Å². The van der Waals surface area contributed by atoms with E-state index in [2.05, 4.69) is 15.9 Å². The zero-order valence-corrected chi connectivity index (χ0v) is 11.7. The SMILES string of the molecule is Cc1cc(Br)ccc1C(O)c1ccccc1Cl. The van der Waals surface area contributed by atoms with E-state index in [-0.39, 0.29) is 0 Å². The maximum absolute atomic E-state index is 10.3. The van der Waals surface area contributed by atoms with Crippen LogP contribution in [-0.2, 0) is 0 Å². The molecular formula is C14H12BrClO. The molecule has 0 saturated carbocycles. The second-order valence-electron chi connectivity index (χ2n) is 3.92. The van der Waals surface area contributed by atoms with Crippen LogP contribution in [0.3, 0.4) is 0 Å². The van der Waals surface area contributed by atoms with Crippen LogP contribution in [0.5, 0.6) is 0 Å². The van der Waals surface area contributed by atoms with Crippen molar-refractivity contribution in [2.24, 2.45) is 0 Å². The third kappa shape index (κ3) is 2.71. The number of aryl methyl sites for hydroxylation is 1. The summed E-state index contributed by atoms with van der Waals surface area (Å²) in [6, 6.07) is 13.2. The average Bonchev–Trinajstić information content (AvgIpc) is 2.29. The summed E-state index contributed by atoms with van der Waals surface area (Å²) < 4.78 is 1.00. The first kappa shape index (κ1) is 12.6. The zero-order chi connectivity index (χ0) is 12.4. The molecule has 0 aliphatic carbocycles. The lowest BCUT2D eigenvalue weighted by Crippen LogP contribution is -2.02. The Morgan fingerprint density at radius 1 is 1.12 bits per heavy atom. The van der Waals surface area contributed by atoms with Gasteiger partial charge in [-0.05, 0) is 36.2 Å². The monoisotopic (exact) mass is 310 g/mol. The summed E-state index contributed by atoms with van der Waals surface area (Å²) in [4.78, 5) is 0. The average molecular weight is 312 g/mol. The molecule has 88 valence electrons. The molecule has 0 aliphatic rings. The Balaban J connectivity index is 2.44. The third-order valence-electron chi connectivity index (χ3n) is 2.73. The highest BCUT2D eigenvalue weighted by atomic mass is 79.9. The Kier molecular flexibility index (Phi) is 3.87. The molecule has 0 heterocycles. The van der Waals surface area contributed by atoms with E-state index in [9.17, 15) is 5.11 Å². The van der Waals surface area contributed by atoms with Crippen LogP contribution in [0, 0.1) is 6.92 Å². The van der Waals surface area contributed by atoms with Gasteiger partial charge in [-0.1, -0.05) is 51.8 Å². The predicted octanol–water partition coefficient (Wildman–Crippen LogP) is 4.49. The molecule has 1 atom stereocenters. The van der Waals surface area contributed by atoms with Crippen molar-refractivity contribution in [3.8, 4) is 0 Å². The van der Waals surface area contributed by atoms with Crippen LogP contribution in [0.4, 0.5) is 0 Å². The molecule has 0 aromatic heterocycles. The number of rotatable bonds is 2. The number of hydrogen-bond acceptors (Lipinski definition) is 1. The van der Waals surface area contributed by atoms with Gasteiger partial charge in [0.05, 0.1) is 0 Å². The van der Waals surface area contributed by atoms with Gasteiger partial charge in [-0.3, -0.25) is 0 Å². The molecule has 0 aliphatic heterocycles. The van der Waals surface area contributed by atoms with Gasteiger partial charge in [-0.25, -0.2) is 0 Å². The molecule has 2 aromatic carbocycles. The minimum Gasteiger partial charge on any atom is -0.384 e. The number of aliphatic hydroxyl groups is 1. The van der Waals surface area contributed by atoms with Gasteiger partial charge in [0.15, 0.2) is 0 Å². The number of benzene rings is 2. The van der Waals surface area contributed by atoms with Gasteiger partial charge in [-0.15, -0.1) is 0 Å². The van der Waals surface area contributed by atoms with Crippen molar-refractivity contribution in [2.45, 2.75) is 13.0 Å². The second-order valence-corrected chi connectivity index (χ2v) is 5.25. The molecule has 0 fully saturated rings. The van der Waals surface area contributed by atoms with Crippen LogP contribution in [0.1, 0.15) is 22.8 Å². The summed E-state index contributed by atoms with van der Waals surface area (Å²) in [5.74, 6) is 0. The summed E-state index contributed by atoms with van der Waals surface area (Å²) in [6.07, 6.45) is -0.684. The fraction of sp³-hybridized carbons (Fsp3) is 0.143. The summed E-state index contributed by atoms with van der Waals surface area (Å²) in [5.41, 5.74) is 2.65. The Morgan fingerprint density at radius 3 is 2.47 bits per heavy atom. The molecule has 1 N–H and O–H groups in total. The Hall–Kier alpha value is -0.830. The van der Waals surface area contributed by atoms with E-state index in [0.29, 0.717) is 5.02 Å². The van der Waals surface area contributed by atoms with E-state index in [1.807, 2.05) is 43.3 Å². The van der Waals surface area contributed by atoms with Crippen molar-refractivity contribution in [2.75, 3.05) is 0 Å². The van der Waals surface area contributed by atoms with Crippen LogP contribution in [-0.4, -0.2) is 5.11 Å². The summed E-state index contributed by atoms with van der Waals surface area (Å²) in [7, 11) is 0. The lowest BCUT2D eigenvalue weighted by atomic mass is 9.98. The van der Waals surface area contributed by atoms with E-state index in [1.54, 1.807) is 6.07 Å². The van der Waals surface area contributed by atoms with Gasteiger partial charge in [0, 0.05) is 15.1 Å². The highest BCUT2D eigenvalue weighted by molar-refractivity contribution is 9.10. The van der Waals surface area contributed by atoms with E-state index in [4.69, 9.17) is 11.6 Å². The first-order chi connectivity index (χ1) is 8.09. The van der Waals surface area contributed by atoms with Gasteiger partial charge in [0.2, 0.25) is 0 Å². The van der Waals surface area contributed by atoms with Crippen LogP contribution in [0.15, 0.2) is 46.9 Å². The molecule has 0 saturated heterocycles. The highest BCUT2D eigenvalue weighted by Crippen LogP contribution is 2.30. The van der Waals surface area contributed by atoms with Crippen molar-refractivity contribution in [1.29, 1.82) is 0 Å². The van der Waals surface area contributed by atoms with Crippen molar-refractivity contribution < 1.29 is 5.11 Å². The van der Waals surface area contributed by atoms with Crippen molar-refractivity contribution in [3.63, 3.8) is 0 Å². The molecule has 0 spiro atoms. The quantitative estimate of drug-likeness (QED) is 0.866. The molecule has 1 unspecified atom stereocenters. The van der Waals surface area contributed by atoms with Crippen LogP contribution in [0.2, 0.25) is 5.02 Å². The minimum absolute atomic E-state index is 0.585. The maximum Gasteiger partial charge on any atom is 0.106 e. The van der Waals surface area contributed by atoms with Gasteiger partial charge in [0.1, 0.15) is 6.10 Å². The summed E-state index contributed by atoms with van der Waals surface area (Å²) in [5, 5.41) is 10.9. The van der Waals surface area contributed by atoms with Crippen LogP contribution >= 0.6 is 27.5 Å². The zero-order valence-electron chi connectivity index (χ0n) is 9.32. The lowest BCUT2D eigenvalue weighted by Gasteiger charge is -2.15. The van der Waals surface area contributed by atoms with E-state index in [0.717, 1.165) is 21.2 Å². The molecule has 17 heavy (non-hydrogen) atoms. The standard InChI is InChI=1S/C14H12BrClO/c1-9-8-10(15)6-7-11(9)14(17)12-4-2-3-5-13(12)16/h2-8,14,17H,1H3. The molecule has 0 bridgehead atoms. The van der Waals surface area contributed by atoms with Crippen molar-refractivity contribution in [1.82, 2.24) is 0 Å². The number of halogens is 2. The third-order valence-corrected chi connectivity index (χ3v) is 3.56.